The number of nitrogens with zero attached hydrogens (tertiary/aromatic N) is 1. The molecule has 16 heavy (non-hydrogen) atoms. The van der Waals surface area contributed by atoms with Crippen LogP contribution in [0.1, 0.15) is 10.4 Å². The van der Waals surface area contributed by atoms with Crippen LogP contribution in [-0.4, -0.2) is 18.4 Å². The number of aldehydes is 1. The zero-order valence-electron chi connectivity index (χ0n) is 8.88. The molecule has 0 aliphatic heterocycles. The highest BCUT2D eigenvalue weighted by Crippen LogP contribution is 2.21. The molecule has 0 aliphatic carbocycles. The molecule has 0 radical (unpaired) electrons. The maximum absolute atomic E-state index is 10.5. The average molecular weight is 213 g/mol. The van der Waals surface area contributed by atoms with Crippen LogP contribution in [-0.2, 0) is 0 Å². The van der Waals surface area contributed by atoms with E-state index < -0.39 is 0 Å². The lowest BCUT2D eigenvalue weighted by Crippen LogP contribution is -1.87. The van der Waals surface area contributed by atoms with Gasteiger partial charge in [0.05, 0.1) is 7.11 Å². The summed E-state index contributed by atoms with van der Waals surface area (Å²) in [5, 5.41) is 0. The number of carbonyl (C=O) groups excluding carboxylic acids is 1. The summed E-state index contributed by atoms with van der Waals surface area (Å²) in [5.41, 5.74) is 2.72. The van der Waals surface area contributed by atoms with Gasteiger partial charge >= 0.3 is 0 Å². The minimum absolute atomic E-state index is 0.581. The van der Waals surface area contributed by atoms with Crippen LogP contribution in [0, 0.1) is 0 Å². The summed E-state index contributed by atoms with van der Waals surface area (Å²) in [6, 6.07) is 11.1. The number of ether oxygens (including phenoxy) is 1. The lowest BCUT2D eigenvalue weighted by Gasteiger charge is -2.03. The molecular weight excluding hydrogens is 202 g/mol. The van der Waals surface area contributed by atoms with Gasteiger partial charge in [-0.05, 0) is 17.2 Å². The number of methoxy groups -OCH3 is 1. The molecule has 0 spiro atoms. The molecule has 2 rings (SSSR count). The van der Waals surface area contributed by atoms with Crippen molar-refractivity contribution >= 4 is 6.29 Å². The van der Waals surface area contributed by atoms with Gasteiger partial charge in [-0.25, -0.2) is 4.98 Å². The minimum atomic E-state index is 0.581. The molecule has 1 aromatic heterocycles. The topological polar surface area (TPSA) is 39.2 Å². The fourth-order valence-electron chi connectivity index (χ4n) is 1.45. The maximum atomic E-state index is 10.5. The van der Waals surface area contributed by atoms with Crippen LogP contribution in [0.3, 0.4) is 0 Å². The standard InChI is InChI=1S/C13H11NO2/c1-16-13-8-12(6-7-14-13)11-4-2-10(9-15)3-5-11/h2-9H,1H3. The van der Waals surface area contributed by atoms with E-state index in [9.17, 15) is 4.79 Å². The van der Waals surface area contributed by atoms with Gasteiger partial charge in [0.25, 0.3) is 0 Å². The van der Waals surface area contributed by atoms with Gasteiger partial charge in [0.15, 0.2) is 0 Å². The van der Waals surface area contributed by atoms with Crippen molar-refractivity contribution in [3.05, 3.63) is 48.2 Å². The molecular formula is C13H11NO2. The fourth-order valence-corrected chi connectivity index (χ4v) is 1.45. The van der Waals surface area contributed by atoms with Crippen molar-refractivity contribution in [2.45, 2.75) is 0 Å². The average Bonchev–Trinajstić information content (AvgIpc) is 2.39. The smallest absolute Gasteiger partial charge is 0.213 e. The summed E-state index contributed by atoms with van der Waals surface area (Å²) in [7, 11) is 1.58. The summed E-state index contributed by atoms with van der Waals surface area (Å²) in [4.78, 5) is 14.6. The van der Waals surface area contributed by atoms with Crippen molar-refractivity contribution < 1.29 is 9.53 Å². The van der Waals surface area contributed by atoms with E-state index in [-0.39, 0.29) is 0 Å². The summed E-state index contributed by atoms with van der Waals surface area (Å²) < 4.78 is 5.05. The number of pyridine rings is 1. The summed E-state index contributed by atoms with van der Waals surface area (Å²) >= 11 is 0. The van der Waals surface area contributed by atoms with Crippen molar-refractivity contribution in [2.75, 3.05) is 7.11 Å². The van der Waals surface area contributed by atoms with E-state index in [1.165, 1.54) is 0 Å². The molecule has 0 atom stereocenters. The third kappa shape index (κ3) is 2.08. The molecule has 0 N–H and O–H groups in total. The van der Waals surface area contributed by atoms with E-state index in [0.29, 0.717) is 11.4 Å². The van der Waals surface area contributed by atoms with Crippen LogP contribution in [0.2, 0.25) is 0 Å². The van der Waals surface area contributed by atoms with Crippen molar-refractivity contribution in [3.63, 3.8) is 0 Å². The summed E-state index contributed by atoms with van der Waals surface area (Å²) in [6.07, 6.45) is 2.53. The second-order valence-electron chi connectivity index (χ2n) is 3.33. The number of carbonyl (C=O) groups is 1. The number of aromatic nitrogens is 1. The summed E-state index contributed by atoms with van der Waals surface area (Å²) in [6.45, 7) is 0. The van der Waals surface area contributed by atoms with E-state index in [1.807, 2.05) is 24.3 Å². The molecule has 3 nitrogen and oxygen atoms in total. The monoisotopic (exact) mass is 213 g/mol. The first-order valence-electron chi connectivity index (χ1n) is 4.89. The highest BCUT2D eigenvalue weighted by atomic mass is 16.5. The molecule has 0 fully saturated rings. The van der Waals surface area contributed by atoms with Gasteiger partial charge in [-0.3, -0.25) is 4.79 Å². The Hall–Kier alpha value is -2.16. The Morgan fingerprint density at radius 2 is 1.88 bits per heavy atom. The number of hydrogen-bond acceptors (Lipinski definition) is 3. The number of rotatable bonds is 3. The van der Waals surface area contributed by atoms with E-state index in [1.54, 1.807) is 25.4 Å². The predicted octanol–water partition coefficient (Wildman–Crippen LogP) is 2.57. The SMILES string of the molecule is COc1cc(-c2ccc(C=O)cc2)ccn1. The van der Waals surface area contributed by atoms with Crippen LogP contribution < -0.4 is 4.74 Å². The molecule has 80 valence electrons. The minimum Gasteiger partial charge on any atom is -0.481 e. The Morgan fingerprint density at radius 1 is 1.12 bits per heavy atom. The van der Waals surface area contributed by atoms with Crippen molar-refractivity contribution in [1.82, 2.24) is 4.98 Å². The van der Waals surface area contributed by atoms with E-state index in [4.69, 9.17) is 4.74 Å². The highest BCUT2D eigenvalue weighted by molar-refractivity contribution is 5.76. The molecule has 1 heterocycles. The first-order chi connectivity index (χ1) is 7.83. The zero-order chi connectivity index (χ0) is 11.4. The van der Waals surface area contributed by atoms with Crippen LogP contribution in [0.15, 0.2) is 42.6 Å². The molecule has 0 bridgehead atoms. The van der Waals surface area contributed by atoms with Crippen molar-refractivity contribution in [1.29, 1.82) is 0 Å². The molecule has 0 saturated carbocycles. The van der Waals surface area contributed by atoms with Crippen LogP contribution in [0.25, 0.3) is 11.1 Å². The summed E-state index contributed by atoms with van der Waals surface area (Å²) in [5.74, 6) is 0.581. The second-order valence-corrected chi connectivity index (χ2v) is 3.33. The van der Waals surface area contributed by atoms with E-state index in [2.05, 4.69) is 4.98 Å². The first-order valence-corrected chi connectivity index (χ1v) is 4.89. The molecule has 0 saturated heterocycles. The molecule has 3 heteroatoms. The van der Waals surface area contributed by atoms with Crippen LogP contribution >= 0.6 is 0 Å². The van der Waals surface area contributed by atoms with Gasteiger partial charge in [0, 0.05) is 17.8 Å². The van der Waals surface area contributed by atoms with Gasteiger partial charge in [0.1, 0.15) is 6.29 Å². The Morgan fingerprint density at radius 3 is 2.50 bits per heavy atom. The Bertz CT molecular complexity index is 492. The molecule has 2 aromatic rings. The highest BCUT2D eigenvalue weighted by Gasteiger charge is 2.00. The third-order valence-corrected chi connectivity index (χ3v) is 2.32. The predicted molar refractivity (Wildman–Crippen MR) is 61.6 cm³/mol. The van der Waals surface area contributed by atoms with Gasteiger partial charge in [0.2, 0.25) is 5.88 Å². The molecule has 0 unspecified atom stereocenters. The molecule has 0 amide bonds. The van der Waals surface area contributed by atoms with Crippen molar-refractivity contribution in [2.24, 2.45) is 0 Å². The quantitative estimate of drug-likeness (QED) is 0.735. The van der Waals surface area contributed by atoms with Gasteiger partial charge in [-0.15, -0.1) is 0 Å². The zero-order valence-corrected chi connectivity index (χ0v) is 8.88. The third-order valence-electron chi connectivity index (χ3n) is 2.32. The van der Waals surface area contributed by atoms with Gasteiger partial charge < -0.3 is 4.74 Å². The fraction of sp³-hybridized carbons (Fsp3) is 0.0769. The Kier molecular flexibility index (Phi) is 2.96. The number of benzene rings is 1. The van der Waals surface area contributed by atoms with E-state index >= 15 is 0 Å². The number of hydrogen-bond donors (Lipinski definition) is 0. The lowest BCUT2D eigenvalue weighted by molar-refractivity contribution is 0.112. The molecule has 0 aliphatic rings. The van der Waals surface area contributed by atoms with Gasteiger partial charge in [-0.1, -0.05) is 24.3 Å². The van der Waals surface area contributed by atoms with Crippen LogP contribution in [0.4, 0.5) is 0 Å². The van der Waals surface area contributed by atoms with Crippen molar-refractivity contribution in [3.8, 4) is 17.0 Å². The maximum Gasteiger partial charge on any atom is 0.213 e. The normalized spacial score (nSPS) is 9.81. The Balaban J connectivity index is 2.38. The first kappa shape index (κ1) is 10.4. The largest absolute Gasteiger partial charge is 0.481 e. The van der Waals surface area contributed by atoms with Crippen LogP contribution in [0.5, 0.6) is 5.88 Å². The van der Waals surface area contributed by atoms with Gasteiger partial charge in [-0.2, -0.15) is 0 Å². The van der Waals surface area contributed by atoms with E-state index in [0.717, 1.165) is 17.4 Å². The lowest BCUT2D eigenvalue weighted by atomic mass is 10.1. The second kappa shape index (κ2) is 4.57. The molecule has 1 aromatic carbocycles. The Labute approximate surface area is 93.7 Å².